The average molecular weight is 1400 g/mol. The lowest BCUT2D eigenvalue weighted by atomic mass is 9.99. The molecule has 0 bridgehead atoms. The zero-order valence-electron chi connectivity index (χ0n) is 62.3. The number of aliphatic hydroxyl groups excluding tert-OH is 1. The Balaban J connectivity index is 5.18. The third kappa shape index (κ3) is 69.0. The normalized spacial score (nSPS) is 14.4. The van der Waals surface area contributed by atoms with Crippen LogP contribution in [0.1, 0.15) is 383 Å². The van der Waals surface area contributed by atoms with Gasteiger partial charge in [0.1, 0.15) is 19.3 Å². The highest BCUT2D eigenvalue weighted by molar-refractivity contribution is 7.47. The van der Waals surface area contributed by atoms with Gasteiger partial charge in [0, 0.05) is 25.7 Å². The lowest BCUT2D eigenvalue weighted by Crippen LogP contribution is -2.30. The molecule has 6 atom stereocenters. The number of esters is 4. The van der Waals surface area contributed by atoms with Crippen molar-refractivity contribution in [3.05, 3.63) is 0 Å². The van der Waals surface area contributed by atoms with Crippen molar-refractivity contribution in [3.63, 3.8) is 0 Å². The van der Waals surface area contributed by atoms with E-state index in [4.69, 9.17) is 37.0 Å². The summed E-state index contributed by atoms with van der Waals surface area (Å²) < 4.78 is 68.4. The van der Waals surface area contributed by atoms with E-state index < -0.39 is 97.5 Å². The maximum Gasteiger partial charge on any atom is 0.472 e. The molecule has 19 heteroatoms. The zero-order chi connectivity index (χ0) is 70.3. The number of ether oxygens (including phenoxy) is 4. The largest absolute Gasteiger partial charge is 0.472 e. The van der Waals surface area contributed by atoms with Crippen LogP contribution in [0.25, 0.3) is 0 Å². The number of aliphatic hydroxyl groups is 1. The second-order valence-electron chi connectivity index (χ2n) is 29.1. The van der Waals surface area contributed by atoms with Gasteiger partial charge in [-0.2, -0.15) is 0 Å². The van der Waals surface area contributed by atoms with Gasteiger partial charge in [-0.05, 0) is 49.4 Å². The van der Waals surface area contributed by atoms with Gasteiger partial charge in [-0.1, -0.05) is 331 Å². The lowest BCUT2D eigenvalue weighted by molar-refractivity contribution is -0.161. The number of carbonyl (C=O) groups excluding carboxylic acids is 4. The fraction of sp³-hybridized carbons (Fsp3) is 0.947. The molecular weight excluding hydrogens is 1250 g/mol. The highest BCUT2D eigenvalue weighted by Crippen LogP contribution is 2.45. The average Bonchev–Trinajstić information content (AvgIpc) is 1.21. The summed E-state index contributed by atoms with van der Waals surface area (Å²) in [5, 5.41) is 10.6. The number of rotatable bonds is 73. The van der Waals surface area contributed by atoms with Gasteiger partial charge in [-0.3, -0.25) is 37.3 Å². The van der Waals surface area contributed by atoms with Crippen LogP contribution in [0.5, 0.6) is 0 Å². The van der Waals surface area contributed by atoms with Crippen LogP contribution in [0.3, 0.4) is 0 Å². The van der Waals surface area contributed by atoms with Crippen molar-refractivity contribution in [2.75, 3.05) is 39.6 Å². The van der Waals surface area contributed by atoms with Crippen LogP contribution in [-0.4, -0.2) is 96.7 Å². The first-order chi connectivity index (χ1) is 45.6. The Hall–Kier alpha value is -1.94. The molecule has 0 fully saturated rings. The molecule has 0 aromatic heterocycles. The van der Waals surface area contributed by atoms with Crippen molar-refractivity contribution < 1.29 is 80.2 Å². The van der Waals surface area contributed by atoms with E-state index in [0.717, 1.165) is 114 Å². The van der Waals surface area contributed by atoms with E-state index in [1.807, 2.05) is 0 Å². The fourth-order valence-electron chi connectivity index (χ4n) is 11.5. The Morgan fingerprint density at radius 3 is 0.747 bits per heavy atom. The SMILES string of the molecule is CCC(C)CCCCCCCCCCCCCCCCCCCCC(=O)O[C@H](COC(=O)CCCCCCCCCCCCC(C)C)COP(=O)(O)OC[C@@H](O)COP(=O)(O)OC[C@@H](COC(=O)CCCCCCCCC(C)C)OC(=O)CCCCCCCCCCC(C)C. The van der Waals surface area contributed by atoms with Gasteiger partial charge in [0.2, 0.25) is 0 Å². The molecule has 0 spiro atoms. The second kappa shape index (κ2) is 65.4. The fourth-order valence-corrected chi connectivity index (χ4v) is 13.1. The van der Waals surface area contributed by atoms with E-state index >= 15 is 0 Å². The second-order valence-corrected chi connectivity index (χ2v) is 32.0. The van der Waals surface area contributed by atoms with E-state index in [1.165, 1.54) is 180 Å². The Morgan fingerprint density at radius 2 is 0.505 bits per heavy atom. The third-order valence-corrected chi connectivity index (χ3v) is 19.8. The summed E-state index contributed by atoms with van der Waals surface area (Å²) in [5.74, 6) is 0.901. The predicted octanol–water partition coefficient (Wildman–Crippen LogP) is 22.0. The smallest absolute Gasteiger partial charge is 0.462 e. The summed E-state index contributed by atoms with van der Waals surface area (Å²) in [6, 6.07) is 0. The van der Waals surface area contributed by atoms with Crippen LogP contribution in [0.2, 0.25) is 0 Å². The Morgan fingerprint density at radius 1 is 0.295 bits per heavy atom. The lowest BCUT2D eigenvalue weighted by Gasteiger charge is -2.21. The summed E-state index contributed by atoms with van der Waals surface area (Å²) >= 11 is 0. The standard InChI is InChI=1S/C76H148O17P2/c1-9-69(8)55-47-39-30-23-18-16-14-12-10-11-13-15-17-19-25-32-42-50-58-75(80)92-71(62-86-73(78)56-48-40-31-24-21-20-22-28-36-44-52-66(2)3)64-90-94(82,83)88-60-70(77)61-89-95(84,85)91-65-72(63-87-74(79)57-49-41-35-34-38-46-54-68(6)7)93-76(81)59-51-43-33-27-26-29-37-45-53-67(4)5/h66-72,77H,9-65H2,1-8H3,(H,82,83)(H,84,85)/t69?,70-,71-,72-/m1/s1. The zero-order valence-corrected chi connectivity index (χ0v) is 64.1. The molecule has 0 heterocycles. The molecule has 0 rings (SSSR count). The van der Waals surface area contributed by atoms with E-state index in [1.54, 1.807) is 0 Å². The molecule has 0 aromatic carbocycles. The van der Waals surface area contributed by atoms with E-state index in [0.29, 0.717) is 31.6 Å². The van der Waals surface area contributed by atoms with Crippen molar-refractivity contribution >= 4 is 39.5 Å². The summed E-state index contributed by atoms with van der Waals surface area (Å²) in [4.78, 5) is 72.7. The Bertz CT molecular complexity index is 1870. The summed E-state index contributed by atoms with van der Waals surface area (Å²) in [6.45, 7) is 14.1. The molecule has 0 aliphatic carbocycles. The molecule has 0 saturated carbocycles. The van der Waals surface area contributed by atoms with Crippen LogP contribution >= 0.6 is 15.6 Å². The molecule has 0 aromatic rings. The van der Waals surface area contributed by atoms with Gasteiger partial charge in [-0.25, -0.2) is 9.13 Å². The van der Waals surface area contributed by atoms with E-state index in [9.17, 15) is 43.2 Å². The van der Waals surface area contributed by atoms with E-state index in [2.05, 4.69) is 55.4 Å². The number of carbonyl (C=O) groups is 4. The number of hydrogen-bond acceptors (Lipinski definition) is 15. The van der Waals surface area contributed by atoms with Crippen molar-refractivity contribution in [1.82, 2.24) is 0 Å². The molecule has 0 aliphatic rings. The summed E-state index contributed by atoms with van der Waals surface area (Å²) in [6.07, 6.45) is 50.3. The van der Waals surface area contributed by atoms with Gasteiger partial charge in [0.15, 0.2) is 12.2 Å². The highest BCUT2D eigenvalue weighted by atomic mass is 31.2. The first-order valence-corrected chi connectivity index (χ1v) is 42.2. The minimum atomic E-state index is -4.96. The Kier molecular flexibility index (Phi) is 64.0. The number of phosphoric ester groups is 2. The van der Waals surface area contributed by atoms with Crippen LogP contribution in [0.15, 0.2) is 0 Å². The maximum atomic E-state index is 13.1. The minimum Gasteiger partial charge on any atom is -0.462 e. The molecule has 0 radical (unpaired) electrons. The quantitative estimate of drug-likeness (QED) is 0.0222. The van der Waals surface area contributed by atoms with Crippen molar-refractivity contribution in [3.8, 4) is 0 Å². The number of phosphoric acid groups is 2. The first-order valence-electron chi connectivity index (χ1n) is 39.2. The first kappa shape index (κ1) is 93.1. The maximum absolute atomic E-state index is 13.1. The van der Waals surface area contributed by atoms with Crippen molar-refractivity contribution in [2.24, 2.45) is 23.7 Å². The molecule has 95 heavy (non-hydrogen) atoms. The molecule has 3 N–H and O–H groups in total. The monoisotopic (exact) mass is 1400 g/mol. The van der Waals surface area contributed by atoms with E-state index in [-0.39, 0.29) is 25.7 Å². The number of unbranched alkanes of at least 4 members (excludes halogenated alkanes) is 38. The van der Waals surface area contributed by atoms with Gasteiger partial charge in [0.05, 0.1) is 26.4 Å². The van der Waals surface area contributed by atoms with Crippen LogP contribution < -0.4 is 0 Å². The summed E-state index contributed by atoms with van der Waals surface area (Å²) in [7, 11) is -9.91. The van der Waals surface area contributed by atoms with Gasteiger partial charge >= 0.3 is 39.5 Å². The van der Waals surface area contributed by atoms with Crippen LogP contribution in [0.4, 0.5) is 0 Å². The van der Waals surface area contributed by atoms with Crippen molar-refractivity contribution in [2.45, 2.75) is 401 Å². The molecular formula is C76H148O17P2. The van der Waals surface area contributed by atoms with Crippen LogP contribution in [0, 0.1) is 23.7 Å². The Labute approximate surface area is 581 Å². The molecule has 0 saturated heterocycles. The molecule has 0 amide bonds. The highest BCUT2D eigenvalue weighted by Gasteiger charge is 2.30. The molecule has 17 nitrogen and oxygen atoms in total. The van der Waals surface area contributed by atoms with Gasteiger partial charge < -0.3 is 33.8 Å². The molecule has 3 unspecified atom stereocenters. The van der Waals surface area contributed by atoms with Crippen molar-refractivity contribution in [1.29, 1.82) is 0 Å². The topological polar surface area (TPSA) is 237 Å². The molecule has 564 valence electrons. The van der Waals surface area contributed by atoms with Crippen LogP contribution in [-0.2, 0) is 65.4 Å². The number of hydrogen-bond donors (Lipinski definition) is 3. The van der Waals surface area contributed by atoms with Gasteiger partial charge in [-0.15, -0.1) is 0 Å². The molecule has 0 aliphatic heterocycles. The summed E-state index contributed by atoms with van der Waals surface area (Å²) in [5.41, 5.74) is 0. The minimum absolute atomic E-state index is 0.103. The predicted molar refractivity (Wildman–Crippen MR) is 386 cm³/mol. The van der Waals surface area contributed by atoms with Gasteiger partial charge in [0.25, 0.3) is 0 Å². The third-order valence-electron chi connectivity index (χ3n) is 17.9.